The number of thioether (sulfide) groups is 1. The number of amidine groups is 1. The first kappa shape index (κ1) is 13.8. The second-order valence-electron chi connectivity index (χ2n) is 4.24. The number of nitrogens with zero attached hydrogens (tertiary/aromatic N) is 3. The van der Waals surface area contributed by atoms with Gasteiger partial charge in [-0.15, -0.1) is 11.3 Å². The number of carbonyl (C=O) groups is 1. The van der Waals surface area contributed by atoms with Crippen molar-refractivity contribution < 1.29 is 9.90 Å². The lowest BCUT2D eigenvalue weighted by Crippen LogP contribution is -2.23. The fraction of sp³-hybridized carbons (Fsp3) is 0.0714. The molecule has 0 aliphatic carbocycles. The molecule has 1 aliphatic heterocycles. The first-order chi connectivity index (χ1) is 10.1. The van der Waals surface area contributed by atoms with Crippen LogP contribution >= 0.6 is 23.1 Å². The Morgan fingerprint density at radius 2 is 2.19 bits per heavy atom. The Labute approximate surface area is 129 Å². The maximum Gasteiger partial charge on any atom is 0.266 e. The van der Waals surface area contributed by atoms with Gasteiger partial charge in [-0.05, 0) is 23.9 Å². The Balaban J connectivity index is 1.92. The van der Waals surface area contributed by atoms with E-state index in [-0.39, 0.29) is 11.7 Å². The average Bonchev–Trinajstić information content (AvgIpc) is 3.07. The van der Waals surface area contributed by atoms with E-state index >= 15 is 0 Å². The summed E-state index contributed by atoms with van der Waals surface area (Å²) in [5, 5.41) is 12.8. The number of likely N-dealkylation sites (N-methyl/N-ethyl adjacent to an activating group) is 1. The standard InChI is InChI=1S/C14H11N3O2S2/c1-17-12(19)11(8-9-4-2-3-5-10(9)18)21-14(17)16-13-15-6-7-20-13/h2-8,18H,1H3/b11-8-,16-14+. The van der Waals surface area contributed by atoms with Crippen LogP contribution in [0.1, 0.15) is 5.56 Å². The van der Waals surface area contributed by atoms with Gasteiger partial charge >= 0.3 is 0 Å². The third-order valence-corrected chi connectivity index (χ3v) is 4.56. The normalized spacial score (nSPS) is 18.9. The van der Waals surface area contributed by atoms with E-state index in [0.29, 0.717) is 20.8 Å². The van der Waals surface area contributed by atoms with Gasteiger partial charge in [0.25, 0.3) is 5.91 Å². The molecule has 1 N–H and O–H groups in total. The van der Waals surface area contributed by atoms with E-state index in [0.717, 1.165) is 0 Å². The molecule has 1 aliphatic rings. The zero-order valence-electron chi connectivity index (χ0n) is 11.1. The summed E-state index contributed by atoms with van der Waals surface area (Å²) in [4.78, 5) is 22.7. The van der Waals surface area contributed by atoms with Gasteiger partial charge in [0.05, 0.1) is 4.91 Å². The molecule has 0 spiro atoms. The Hall–Kier alpha value is -2.12. The van der Waals surface area contributed by atoms with Crippen LogP contribution in [0.15, 0.2) is 45.7 Å². The molecule has 21 heavy (non-hydrogen) atoms. The van der Waals surface area contributed by atoms with Crippen molar-refractivity contribution in [1.82, 2.24) is 9.88 Å². The molecule has 2 heterocycles. The summed E-state index contributed by atoms with van der Waals surface area (Å²) >= 11 is 2.68. The monoisotopic (exact) mass is 317 g/mol. The van der Waals surface area contributed by atoms with Gasteiger partial charge in [0, 0.05) is 24.2 Å². The third-order valence-electron chi connectivity index (χ3n) is 2.84. The first-order valence-corrected chi connectivity index (χ1v) is 7.78. The Morgan fingerprint density at radius 3 is 2.90 bits per heavy atom. The summed E-state index contributed by atoms with van der Waals surface area (Å²) in [7, 11) is 1.67. The van der Waals surface area contributed by atoms with Gasteiger partial charge < -0.3 is 5.11 Å². The van der Waals surface area contributed by atoms with E-state index in [1.807, 2.05) is 11.4 Å². The highest BCUT2D eigenvalue weighted by atomic mass is 32.2. The molecule has 0 saturated carbocycles. The van der Waals surface area contributed by atoms with Gasteiger partial charge in [0.15, 0.2) is 5.17 Å². The molecule has 1 saturated heterocycles. The number of aromatic nitrogens is 1. The van der Waals surface area contributed by atoms with Crippen LogP contribution in [-0.2, 0) is 4.79 Å². The quantitative estimate of drug-likeness (QED) is 0.865. The van der Waals surface area contributed by atoms with Crippen molar-refractivity contribution in [3.63, 3.8) is 0 Å². The molecule has 7 heteroatoms. The van der Waals surface area contributed by atoms with Crippen LogP contribution in [0.4, 0.5) is 5.13 Å². The average molecular weight is 317 g/mol. The molecule has 106 valence electrons. The molecule has 0 radical (unpaired) electrons. The predicted molar refractivity (Wildman–Crippen MR) is 85.7 cm³/mol. The van der Waals surface area contributed by atoms with Gasteiger partial charge in [-0.25, -0.2) is 4.98 Å². The third kappa shape index (κ3) is 2.84. The zero-order chi connectivity index (χ0) is 14.8. The largest absolute Gasteiger partial charge is 0.507 e. The number of benzene rings is 1. The smallest absolute Gasteiger partial charge is 0.266 e. The molecule has 5 nitrogen and oxygen atoms in total. The maximum atomic E-state index is 12.2. The maximum absolute atomic E-state index is 12.2. The van der Waals surface area contributed by atoms with E-state index < -0.39 is 0 Å². The molecule has 3 rings (SSSR count). The van der Waals surface area contributed by atoms with Crippen molar-refractivity contribution in [3.05, 3.63) is 46.3 Å². The molecule has 1 aromatic heterocycles. The number of carbonyl (C=O) groups excluding carboxylic acids is 1. The van der Waals surface area contributed by atoms with E-state index in [2.05, 4.69) is 9.98 Å². The van der Waals surface area contributed by atoms with Crippen molar-refractivity contribution in [2.24, 2.45) is 4.99 Å². The molecule has 1 amide bonds. The fourth-order valence-electron chi connectivity index (χ4n) is 1.76. The number of thiazole rings is 1. The molecule has 1 fully saturated rings. The first-order valence-electron chi connectivity index (χ1n) is 6.09. The van der Waals surface area contributed by atoms with E-state index in [1.165, 1.54) is 28.0 Å². The second kappa shape index (κ2) is 5.71. The molecule has 0 unspecified atom stereocenters. The van der Waals surface area contributed by atoms with E-state index in [9.17, 15) is 9.90 Å². The van der Waals surface area contributed by atoms with Crippen molar-refractivity contribution in [2.45, 2.75) is 0 Å². The SMILES string of the molecule is CN1C(=O)/C(=C/c2ccccc2O)S/C1=N/c1nccs1. The van der Waals surface area contributed by atoms with Crippen LogP contribution in [0.25, 0.3) is 6.08 Å². The molecular formula is C14H11N3O2S2. The number of phenolic OH excluding ortho intramolecular Hbond substituents is 1. The fourth-order valence-corrected chi connectivity index (χ4v) is 3.28. The topological polar surface area (TPSA) is 65.8 Å². The summed E-state index contributed by atoms with van der Waals surface area (Å²) in [5.41, 5.74) is 0.609. The number of amides is 1. The van der Waals surface area contributed by atoms with Gasteiger partial charge in [0.2, 0.25) is 5.13 Å². The molecular weight excluding hydrogens is 306 g/mol. The van der Waals surface area contributed by atoms with Crippen LogP contribution < -0.4 is 0 Å². The van der Waals surface area contributed by atoms with Crippen molar-refractivity contribution in [2.75, 3.05) is 7.05 Å². The molecule has 2 aromatic rings. The van der Waals surface area contributed by atoms with Gasteiger partial charge in [0.1, 0.15) is 5.75 Å². The molecule has 0 atom stereocenters. The van der Waals surface area contributed by atoms with Crippen LogP contribution in [0.3, 0.4) is 0 Å². The highest BCUT2D eigenvalue weighted by Crippen LogP contribution is 2.34. The van der Waals surface area contributed by atoms with Crippen LogP contribution in [0, 0.1) is 0 Å². The van der Waals surface area contributed by atoms with Gasteiger partial charge in [-0.1, -0.05) is 18.2 Å². The second-order valence-corrected chi connectivity index (χ2v) is 6.12. The van der Waals surface area contributed by atoms with Crippen LogP contribution in [0.2, 0.25) is 0 Å². The van der Waals surface area contributed by atoms with Crippen LogP contribution in [0.5, 0.6) is 5.75 Å². The predicted octanol–water partition coefficient (Wildman–Crippen LogP) is 3.08. The van der Waals surface area contributed by atoms with Crippen molar-refractivity contribution in [3.8, 4) is 5.75 Å². The molecule has 1 aromatic carbocycles. The lowest BCUT2D eigenvalue weighted by Gasteiger charge is -2.05. The van der Waals surface area contributed by atoms with Crippen LogP contribution in [-0.4, -0.2) is 33.1 Å². The summed E-state index contributed by atoms with van der Waals surface area (Å²) in [6.45, 7) is 0. The minimum Gasteiger partial charge on any atom is -0.507 e. The minimum atomic E-state index is -0.140. The zero-order valence-corrected chi connectivity index (χ0v) is 12.7. The highest BCUT2D eigenvalue weighted by molar-refractivity contribution is 8.18. The van der Waals surface area contributed by atoms with Crippen molar-refractivity contribution in [1.29, 1.82) is 0 Å². The number of rotatable bonds is 2. The summed E-state index contributed by atoms with van der Waals surface area (Å²) in [6, 6.07) is 6.89. The van der Waals surface area contributed by atoms with Gasteiger partial charge in [-0.2, -0.15) is 4.99 Å². The minimum absolute atomic E-state index is 0.140. The number of hydrogen-bond donors (Lipinski definition) is 1. The number of aromatic hydroxyl groups is 1. The lowest BCUT2D eigenvalue weighted by molar-refractivity contribution is -0.121. The number of para-hydroxylation sites is 1. The Morgan fingerprint density at radius 1 is 1.38 bits per heavy atom. The Bertz CT molecular complexity index is 738. The number of phenols is 1. The Kier molecular flexibility index (Phi) is 3.76. The summed E-state index contributed by atoms with van der Waals surface area (Å²) < 4.78 is 0. The van der Waals surface area contributed by atoms with E-state index in [1.54, 1.807) is 37.5 Å². The summed E-state index contributed by atoms with van der Waals surface area (Å²) in [5.74, 6) is 0.00456. The van der Waals surface area contributed by atoms with Gasteiger partial charge in [-0.3, -0.25) is 9.69 Å². The van der Waals surface area contributed by atoms with E-state index in [4.69, 9.17) is 0 Å². The highest BCUT2D eigenvalue weighted by Gasteiger charge is 2.30. The number of aliphatic imine (C=N–C) groups is 1. The summed E-state index contributed by atoms with van der Waals surface area (Å²) in [6.07, 6.45) is 3.34. The number of hydrogen-bond acceptors (Lipinski definition) is 6. The van der Waals surface area contributed by atoms with Crippen molar-refractivity contribution >= 4 is 45.4 Å². The molecule has 0 bridgehead atoms. The lowest BCUT2D eigenvalue weighted by atomic mass is 10.2.